The molecular formula is C33H66O3. The van der Waals surface area contributed by atoms with Gasteiger partial charge in [0.25, 0.3) is 0 Å². The summed E-state index contributed by atoms with van der Waals surface area (Å²) in [6, 6.07) is 0. The summed E-state index contributed by atoms with van der Waals surface area (Å²) >= 11 is 0. The number of hydrogen-bond donors (Lipinski definition) is 1. The topological polar surface area (TPSA) is 46.5 Å². The normalized spacial score (nSPS) is 12.4. The molecule has 0 saturated heterocycles. The average molecular weight is 511 g/mol. The Balaban J connectivity index is 3.91. The van der Waals surface area contributed by atoms with Crippen LogP contribution in [-0.2, 0) is 9.53 Å². The quantitative estimate of drug-likeness (QED) is 0.0803. The van der Waals surface area contributed by atoms with E-state index in [0.717, 1.165) is 50.9 Å². The third kappa shape index (κ3) is 26.5. The fourth-order valence-corrected chi connectivity index (χ4v) is 5.23. The second-order valence-corrected chi connectivity index (χ2v) is 11.4. The fourth-order valence-electron chi connectivity index (χ4n) is 5.23. The van der Waals surface area contributed by atoms with E-state index >= 15 is 0 Å². The standard InChI is InChI=1S/C33H66O3/c1-4-7-10-13-16-19-24-31(25-20-17-14-11-8-5-2)29-30-36-33(35)28-23-18-22-27-32(34)26-21-15-12-9-6-3/h31-32,34H,4-30H2,1-3H3. The first-order valence-corrected chi connectivity index (χ1v) is 16.5. The molecule has 0 rings (SSSR count). The van der Waals surface area contributed by atoms with Gasteiger partial charge >= 0.3 is 5.97 Å². The highest BCUT2D eigenvalue weighted by atomic mass is 16.5. The maximum atomic E-state index is 12.2. The van der Waals surface area contributed by atoms with Crippen LogP contribution in [-0.4, -0.2) is 23.8 Å². The van der Waals surface area contributed by atoms with E-state index in [4.69, 9.17) is 4.74 Å². The van der Waals surface area contributed by atoms with Gasteiger partial charge in [-0.25, -0.2) is 0 Å². The number of esters is 1. The Labute approximate surface area is 226 Å². The van der Waals surface area contributed by atoms with Gasteiger partial charge in [-0.15, -0.1) is 0 Å². The Morgan fingerprint density at radius 2 is 0.917 bits per heavy atom. The van der Waals surface area contributed by atoms with Crippen LogP contribution in [0.25, 0.3) is 0 Å². The first-order chi connectivity index (χ1) is 17.6. The van der Waals surface area contributed by atoms with Gasteiger partial charge in [0.2, 0.25) is 0 Å². The van der Waals surface area contributed by atoms with Gasteiger partial charge in [-0.3, -0.25) is 4.79 Å². The first kappa shape index (κ1) is 35.4. The zero-order valence-corrected chi connectivity index (χ0v) is 25.0. The Hall–Kier alpha value is -0.570. The molecule has 0 aromatic carbocycles. The molecule has 3 nitrogen and oxygen atoms in total. The van der Waals surface area contributed by atoms with Crippen molar-refractivity contribution >= 4 is 5.97 Å². The van der Waals surface area contributed by atoms with Crippen LogP contribution in [0.3, 0.4) is 0 Å². The minimum absolute atomic E-state index is 0.0237. The summed E-state index contributed by atoms with van der Waals surface area (Å²) in [5.74, 6) is 0.697. The van der Waals surface area contributed by atoms with Gasteiger partial charge < -0.3 is 9.84 Å². The zero-order valence-electron chi connectivity index (χ0n) is 25.0. The zero-order chi connectivity index (χ0) is 26.5. The molecule has 0 aliphatic rings. The molecule has 0 fully saturated rings. The molecule has 1 N–H and O–H groups in total. The summed E-state index contributed by atoms with van der Waals surface area (Å²) in [6.45, 7) is 7.39. The van der Waals surface area contributed by atoms with E-state index in [1.54, 1.807) is 0 Å². The minimum Gasteiger partial charge on any atom is -0.466 e. The number of aliphatic hydroxyl groups excluding tert-OH is 1. The fraction of sp³-hybridized carbons (Fsp3) is 0.970. The lowest BCUT2D eigenvalue weighted by molar-refractivity contribution is -0.144. The molecule has 0 heterocycles. The lowest BCUT2D eigenvalue weighted by Crippen LogP contribution is -2.11. The maximum Gasteiger partial charge on any atom is 0.305 e. The summed E-state index contributed by atoms with van der Waals surface area (Å²) in [6.07, 6.45) is 31.3. The number of unbranched alkanes of at least 4 members (excludes halogenated alkanes) is 16. The summed E-state index contributed by atoms with van der Waals surface area (Å²) in [4.78, 5) is 12.2. The number of hydrogen-bond acceptors (Lipinski definition) is 3. The van der Waals surface area contributed by atoms with Gasteiger partial charge in [0.15, 0.2) is 0 Å². The minimum atomic E-state index is -0.159. The van der Waals surface area contributed by atoms with E-state index in [2.05, 4.69) is 20.8 Å². The largest absolute Gasteiger partial charge is 0.466 e. The highest BCUT2D eigenvalue weighted by Gasteiger charge is 2.11. The second-order valence-electron chi connectivity index (χ2n) is 11.4. The van der Waals surface area contributed by atoms with Gasteiger partial charge in [0.1, 0.15) is 0 Å². The summed E-state index contributed by atoms with van der Waals surface area (Å²) < 4.78 is 5.62. The maximum absolute atomic E-state index is 12.2. The predicted molar refractivity (Wildman–Crippen MR) is 158 cm³/mol. The van der Waals surface area contributed by atoms with Gasteiger partial charge in [0.05, 0.1) is 12.7 Å². The molecule has 3 heteroatoms. The van der Waals surface area contributed by atoms with E-state index in [1.165, 1.54) is 116 Å². The monoisotopic (exact) mass is 511 g/mol. The van der Waals surface area contributed by atoms with Crippen LogP contribution in [0.2, 0.25) is 0 Å². The number of carbonyl (C=O) groups is 1. The number of aliphatic hydroxyl groups is 1. The smallest absolute Gasteiger partial charge is 0.305 e. The average Bonchev–Trinajstić information content (AvgIpc) is 2.87. The molecule has 0 spiro atoms. The first-order valence-electron chi connectivity index (χ1n) is 16.5. The molecule has 216 valence electrons. The number of rotatable bonds is 29. The molecule has 0 aromatic rings. The molecular weight excluding hydrogens is 444 g/mol. The van der Waals surface area contributed by atoms with Crippen molar-refractivity contribution in [3.8, 4) is 0 Å². The number of ether oxygens (including phenoxy) is 1. The van der Waals surface area contributed by atoms with E-state index in [1.807, 2.05) is 0 Å². The van der Waals surface area contributed by atoms with Crippen LogP contribution in [0.4, 0.5) is 0 Å². The van der Waals surface area contributed by atoms with Crippen molar-refractivity contribution in [2.75, 3.05) is 6.61 Å². The van der Waals surface area contributed by atoms with E-state index in [0.29, 0.717) is 13.0 Å². The van der Waals surface area contributed by atoms with Crippen molar-refractivity contribution in [2.24, 2.45) is 5.92 Å². The molecule has 0 aliphatic carbocycles. The summed E-state index contributed by atoms with van der Waals surface area (Å²) in [5.41, 5.74) is 0. The Bertz CT molecular complexity index is 421. The SMILES string of the molecule is CCCCCCCCC(CCCCCCCC)CCOC(=O)CCCCCC(O)CCCCCCC. The van der Waals surface area contributed by atoms with Crippen molar-refractivity contribution in [3.05, 3.63) is 0 Å². The van der Waals surface area contributed by atoms with Crippen LogP contribution in [0.15, 0.2) is 0 Å². The molecule has 0 saturated carbocycles. The van der Waals surface area contributed by atoms with Crippen LogP contribution < -0.4 is 0 Å². The van der Waals surface area contributed by atoms with Crippen molar-refractivity contribution in [1.29, 1.82) is 0 Å². The second kappa shape index (κ2) is 29.0. The molecule has 0 aromatic heterocycles. The highest BCUT2D eigenvalue weighted by molar-refractivity contribution is 5.69. The molecule has 1 atom stereocenters. The van der Waals surface area contributed by atoms with Gasteiger partial charge in [0, 0.05) is 6.42 Å². The Morgan fingerprint density at radius 3 is 1.39 bits per heavy atom. The van der Waals surface area contributed by atoms with Crippen LogP contribution >= 0.6 is 0 Å². The van der Waals surface area contributed by atoms with Gasteiger partial charge in [-0.2, -0.15) is 0 Å². The molecule has 0 aliphatic heterocycles. The lowest BCUT2D eigenvalue weighted by Gasteiger charge is -2.17. The molecule has 1 unspecified atom stereocenters. The third-order valence-electron chi connectivity index (χ3n) is 7.78. The summed E-state index contributed by atoms with van der Waals surface area (Å²) in [7, 11) is 0. The molecule has 0 bridgehead atoms. The Morgan fingerprint density at radius 1 is 0.528 bits per heavy atom. The van der Waals surface area contributed by atoms with E-state index in [-0.39, 0.29) is 12.1 Å². The Kier molecular flexibility index (Phi) is 28.5. The van der Waals surface area contributed by atoms with Gasteiger partial charge in [-0.05, 0) is 31.6 Å². The van der Waals surface area contributed by atoms with Crippen LogP contribution in [0.1, 0.15) is 188 Å². The van der Waals surface area contributed by atoms with Crippen LogP contribution in [0.5, 0.6) is 0 Å². The van der Waals surface area contributed by atoms with Crippen LogP contribution in [0, 0.1) is 5.92 Å². The van der Waals surface area contributed by atoms with Crippen molar-refractivity contribution in [2.45, 2.75) is 194 Å². The summed E-state index contributed by atoms with van der Waals surface area (Å²) in [5, 5.41) is 10.1. The van der Waals surface area contributed by atoms with Crippen molar-refractivity contribution in [1.82, 2.24) is 0 Å². The van der Waals surface area contributed by atoms with Gasteiger partial charge in [-0.1, -0.05) is 156 Å². The van der Waals surface area contributed by atoms with E-state index in [9.17, 15) is 9.90 Å². The molecule has 0 amide bonds. The molecule has 0 radical (unpaired) electrons. The van der Waals surface area contributed by atoms with E-state index < -0.39 is 0 Å². The number of carbonyl (C=O) groups excluding carboxylic acids is 1. The third-order valence-corrected chi connectivity index (χ3v) is 7.78. The lowest BCUT2D eigenvalue weighted by atomic mass is 9.91. The van der Waals surface area contributed by atoms with Crippen molar-refractivity contribution in [3.63, 3.8) is 0 Å². The molecule has 36 heavy (non-hydrogen) atoms. The predicted octanol–water partition coefficient (Wildman–Crippen LogP) is 10.7. The highest BCUT2D eigenvalue weighted by Crippen LogP contribution is 2.22. The van der Waals surface area contributed by atoms with Crippen molar-refractivity contribution < 1.29 is 14.6 Å².